The number of nitrogens with zero attached hydrogens (tertiary/aromatic N) is 4. The molecule has 0 aliphatic carbocycles. The molecule has 0 radical (unpaired) electrons. The smallest absolute Gasteiger partial charge is 0.335 e. The zero-order chi connectivity index (χ0) is 21.3. The molecule has 0 amide bonds. The molecule has 30 heavy (non-hydrogen) atoms. The van der Waals surface area contributed by atoms with Gasteiger partial charge in [-0.25, -0.2) is 4.79 Å². The average Bonchev–Trinajstić information content (AvgIpc) is 3.05. The van der Waals surface area contributed by atoms with Gasteiger partial charge in [-0.05, 0) is 29.8 Å². The third-order valence-electron chi connectivity index (χ3n) is 5.72. The highest BCUT2D eigenvalue weighted by Gasteiger charge is 2.32. The number of hydrogen-bond acceptors (Lipinski definition) is 5. The van der Waals surface area contributed by atoms with Crippen LogP contribution in [0.25, 0.3) is 10.9 Å². The topological polar surface area (TPSA) is 98.9 Å². The predicted molar refractivity (Wildman–Crippen MR) is 111 cm³/mol. The largest absolute Gasteiger partial charge is 0.480 e. The minimum atomic E-state index is -1.00. The molecule has 0 saturated carbocycles. The van der Waals surface area contributed by atoms with Gasteiger partial charge in [-0.15, -0.1) is 0 Å². The Bertz CT molecular complexity index is 1070. The average molecular weight is 408 g/mol. The number of carboxylic acid groups (broad SMARTS) is 2. The molecule has 3 aromatic rings. The van der Waals surface area contributed by atoms with E-state index < -0.39 is 18.0 Å². The van der Waals surface area contributed by atoms with Crippen molar-refractivity contribution >= 4 is 22.8 Å². The summed E-state index contributed by atoms with van der Waals surface area (Å²) in [5.41, 5.74) is 2.79. The van der Waals surface area contributed by atoms with Gasteiger partial charge in [-0.1, -0.05) is 6.07 Å². The second kappa shape index (κ2) is 8.25. The van der Waals surface area contributed by atoms with Gasteiger partial charge in [-0.2, -0.15) is 0 Å². The summed E-state index contributed by atoms with van der Waals surface area (Å²) in [6, 6.07) is 8.05. The van der Waals surface area contributed by atoms with Crippen molar-refractivity contribution in [3.8, 4) is 0 Å². The minimum absolute atomic E-state index is 0.187. The molecule has 1 aliphatic heterocycles. The molecule has 4 rings (SSSR count). The Morgan fingerprint density at radius 3 is 2.40 bits per heavy atom. The molecule has 0 spiro atoms. The molecule has 2 N–H and O–H groups in total. The zero-order valence-electron chi connectivity index (χ0n) is 16.7. The van der Waals surface area contributed by atoms with Crippen LogP contribution in [0.15, 0.2) is 48.9 Å². The number of aromatic carboxylic acids is 1. The molecule has 8 nitrogen and oxygen atoms in total. The Morgan fingerprint density at radius 1 is 1.07 bits per heavy atom. The van der Waals surface area contributed by atoms with Crippen molar-refractivity contribution in [2.75, 3.05) is 26.2 Å². The number of carboxylic acids is 2. The van der Waals surface area contributed by atoms with Crippen LogP contribution in [0.3, 0.4) is 0 Å². The number of carbonyl (C=O) groups is 2. The predicted octanol–water partition coefficient (Wildman–Crippen LogP) is 2.21. The van der Waals surface area contributed by atoms with Crippen molar-refractivity contribution in [3.63, 3.8) is 0 Å². The summed E-state index contributed by atoms with van der Waals surface area (Å²) in [6.45, 7) is 3.66. The zero-order valence-corrected chi connectivity index (χ0v) is 16.7. The lowest BCUT2D eigenvalue weighted by Gasteiger charge is -2.37. The van der Waals surface area contributed by atoms with Crippen molar-refractivity contribution in [1.82, 2.24) is 19.4 Å². The molecule has 1 unspecified atom stereocenters. The molecule has 1 aromatic carbocycles. The van der Waals surface area contributed by atoms with E-state index in [-0.39, 0.29) is 5.56 Å². The van der Waals surface area contributed by atoms with Gasteiger partial charge in [0.25, 0.3) is 0 Å². The molecule has 1 aliphatic rings. The SMILES string of the molecule is Cn1cc(C(C(=O)O)N2CCN(Cc3ccncc3)CC2)c2ccc(C(=O)O)cc21. The van der Waals surface area contributed by atoms with E-state index in [1.807, 2.05) is 24.1 Å². The summed E-state index contributed by atoms with van der Waals surface area (Å²) in [6.07, 6.45) is 5.36. The van der Waals surface area contributed by atoms with Crippen LogP contribution < -0.4 is 0 Å². The highest BCUT2D eigenvalue weighted by molar-refractivity contribution is 5.96. The Morgan fingerprint density at radius 2 is 1.77 bits per heavy atom. The Kier molecular flexibility index (Phi) is 5.52. The van der Waals surface area contributed by atoms with Gasteiger partial charge in [0.15, 0.2) is 0 Å². The van der Waals surface area contributed by atoms with E-state index >= 15 is 0 Å². The lowest BCUT2D eigenvalue weighted by atomic mass is 10.0. The van der Waals surface area contributed by atoms with Crippen molar-refractivity contribution in [3.05, 3.63) is 65.6 Å². The quantitative estimate of drug-likeness (QED) is 0.645. The van der Waals surface area contributed by atoms with Gasteiger partial charge in [0.2, 0.25) is 0 Å². The second-order valence-corrected chi connectivity index (χ2v) is 7.64. The standard InChI is InChI=1S/C22H24N4O4/c1-24-14-18(17-3-2-16(21(27)28)12-19(17)24)20(22(29)30)26-10-8-25(9-11-26)13-15-4-6-23-7-5-15/h2-7,12,14,20H,8-11,13H2,1H3,(H,27,28)(H,29,30). The first-order chi connectivity index (χ1) is 14.4. The minimum Gasteiger partial charge on any atom is -0.480 e. The third kappa shape index (κ3) is 3.92. The molecule has 1 atom stereocenters. The van der Waals surface area contributed by atoms with E-state index in [4.69, 9.17) is 0 Å². The molecule has 156 valence electrons. The molecule has 1 fully saturated rings. The number of aromatic nitrogens is 2. The van der Waals surface area contributed by atoms with Gasteiger partial charge in [0, 0.05) is 74.8 Å². The van der Waals surface area contributed by atoms with Gasteiger partial charge < -0.3 is 14.8 Å². The van der Waals surface area contributed by atoms with Gasteiger partial charge >= 0.3 is 11.9 Å². The van der Waals surface area contributed by atoms with E-state index in [1.165, 1.54) is 11.6 Å². The molecule has 8 heteroatoms. The van der Waals surface area contributed by atoms with Crippen LogP contribution in [0.1, 0.15) is 27.5 Å². The Labute approximate surface area is 174 Å². The van der Waals surface area contributed by atoms with E-state index in [2.05, 4.69) is 9.88 Å². The fourth-order valence-corrected chi connectivity index (χ4v) is 4.18. The molecule has 2 aromatic heterocycles. The van der Waals surface area contributed by atoms with Crippen LogP contribution in [0.4, 0.5) is 0 Å². The number of fused-ring (bicyclic) bond motifs is 1. The number of rotatable bonds is 6. The van der Waals surface area contributed by atoms with Crippen LogP contribution >= 0.6 is 0 Å². The summed E-state index contributed by atoms with van der Waals surface area (Å²) < 4.78 is 1.80. The summed E-state index contributed by atoms with van der Waals surface area (Å²) >= 11 is 0. The van der Waals surface area contributed by atoms with Crippen molar-refractivity contribution in [1.29, 1.82) is 0 Å². The summed E-state index contributed by atoms with van der Waals surface area (Å²) in [7, 11) is 1.81. The number of aliphatic carboxylic acids is 1. The summed E-state index contributed by atoms with van der Waals surface area (Å²) in [5.74, 6) is -1.90. The molecular formula is C22H24N4O4. The number of hydrogen-bond donors (Lipinski definition) is 2. The number of benzene rings is 1. The normalized spacial score (nSPS) is 16.6. The Hall–Kier alpha value is -3.23. The van der Waals surface area contributed by atoms with Crippen molar-refractivity contribution in [2.24, 2.45) is 7.05 Å². The third-order valence-corrected chi connectivity index (χ3v) is 5.72. The maximum atomic E-state index is 12.2. The van der Waals surface area contributed by atoms with Crippen LogP contribution in [-0.2, 0) is 18.4 Å². The maximum Gasteiger partial charge on any atom is 0.335 e. The number of aryl methyl sites for hydroxylation is 1. The highest BCUT2D eigenvalue weighted by Crippen LogP contribution is 2.31. The van der Waals surface area contributed by atoms with E-state index in [0.717, 1.165) is 25.0 Å². The van der Waals surface area contributed by atoms with Crippen LogP contribution in [-0.4, -0.2) is 67.7 Å². The molecule has 0 bridgehead atoms. The summed E-state index contributed by atoms with van der Waals surface area (Å²) in [4.78, 5) is 31.9. The van der Waals surface area contributed by atoms with Crippen LogP contribution in [0, 0.1) is 0 Å². The first kappa shape index (κ1) is 20.1. The van der Waals surface area contributed by atoms with Crippen molar-refractivity contribution in [2.45, 2.75) is 12.6 Å². The fourth-order valence-electron chi connectivity index (χ4n) is 4.18. The van der Waals surface area contributed by atoms with E-state index in [0.29, 0.717) is 24.2 Å². The lowest BCUT2D eigenvalue weighted by Crippen LogP contribution is -2.48. The fraction of sp³-hybridized carbons (Fsp3) is 0.318. The molecule has 3 heterocycles. The molecule has 1 saturated heterocycles. The van der Waals surface area contributed by atoms with Crippen LogP contribution in [0.5, 0.6) is 0 Å². The van der Waals surface area contributed by atoms with Crippen LogP contribution in [0.2, 0.25) is 0 Å². The summed E-state index contributed by atoms with van der Waals surface area (Å²) in [5, 5.41) is 20.1. The second-order valence-electron chi connectivity index (χ2n) is 7.64. The van der Waals surface area contributed by atoms with Gasteiger partial charge in [0.05, 0.1) is 5.56 Å². The van der Waals surface area contributed by atoms with Crippen molar-refractivity contribution < 1.29 is 19.8 Å². The van der Waals surface area contributed by atoms with Gasteiger partial charge in [-0.3, -0.25) is 19.6 Å². The first-order valence-electron chi connectivity index (χ1n) is 9.84. The molecular weight excluding hydrogens is 384 g/mol. The lowest BCUT2D eigenvalue weighted by molar-refractivity contribution is -0.144. The highest BCUT2D eigenvalue weighted by atomic mass is 16.4. The maximum absolute atomic E-state index is 12.2. The number of piperazine rings is 1. The van der Waals surface area contributed by atoms with E-state index in [1.54, 1.807) is 35.3 Å². The monoisotopic (exact) mass is 408 g/mol. The first-order valence-corrected chi connectivity index (χ1v) is 9.84. The number of pyridine rings is 1. The van der Waals surface area contributed by atoms with E-state index in [9.17, 15) is 19.8 Å². The van der Waals surface area contributed by atoms with Gasteiger partial charge in [0.1, 0.15) is 6.04 Å². The Balaban J connectivity index is 1.55.